The number of nitrogens with two attached hydrogens (primary N) is 2. The summed E-state index contributed by atoms with van der Waals surface area (Å²) in [5, 5.41) is 47.4. The van der Waals surface area contributed by atoms with Crippen LogP contribution in [0.2, 0.25) is 0 Å². The summed E-state index contributed by atoms with van der Waals surface area (Å²) >= 11 is 0. The molecule has 13 nitrogen and oxygen atoms in total. The summed E-state index contributed by atoms with van der Waals surface area (Å²) in [4.78, 5) is 5.19. The van der Waals surface area contributed by atoms with Gasteiger partial charge in [0, 0.05) is 54.7 Å². The number of nitrogens with zero attached hydrogens (tertiary/aromatic N) is 1. The van der Waals surface area contributed by atoms with Gasteiger partial charge in [0.05, 0.1) is 17.0 Å². The van der Waals surface area contributed by atoms with Crippen LogP contribution in [0.4, 0.5) is 0 Å². The summed E-state index contributed by atoms with van der Waals surface area (Å²) in [6, 6.07) is 36.7. The quantitative estimate of drug-likeness (QED) is 0.0192. The molecule has 0 spiro atoms. The second kappa shape index (κ2) is 23.8. The Balaban J connectivity index is 1.00. The molecule has 83 heavy (non-hydrogen) atoms. The van der Waals surface area contributed by atoms with Gasteiger partial charge in [0.2, 0.25) is 5.72 Å². The largest absolute Gasteiger partial charge is 0.508 e. The van der Waals surface area contributed by atoms with Crippen molar-refractivity contribution < 1.29 is 42.9 Å². The Kier molecular flexibility index (Phi) is 16.5. The first kappa shape index (κ1) is 57.4. The Morgan fingerprint density at radius 1 is 0.892 bits per heavy atom. The lowest BCUT2D eigenvalue weighted by Gasteiger charge is -2.46. The highest BCUT2D eigenvalue weighted by Gasteiger charge is 2.51. The van der Waals surface area contributed by atoms with Gasteiger partial charge in [-0.25, -0.2) is 4.99 Å². The Hall–Kier alpha value is -6.02. The minimum atomic E-state index is -4.70. The van der Waals surface area contributed by atoms with E-state index in [9.17, 15) is 33.4 Å². The number of fused-ring (bicyclic) bond motifs is 10. The van der Waals surface area contributed by atoms with Gasteiger partial charge in [-0.3, -0.25) is 4.55 Å². The van der Waals surface area contributed by atoms with E-state index in [0.717, 1.165) is 84.9 Å². The van der Waals surface area contributed by atoms with E-state index in [4.69, 9.17) is 25.9 Å². The number of ether oxygens (including phenoxy) is 2. The second-order valence-corrected chi connectivity index (χ2v) is 27.3. The minimum Gasteiger partial charge on any atom is -0.508 e. The smallest absolute Gasteiger partial charge is 0.268 e. The van der Waals surface area contributed by atoms with Crippen molar-refractivity contribution in [3.8, 4) is 23.3 Å². The van der Waals surface area contributed by atoms with Gasteiger partial charge in [-0.2, -0.15) is 8.42 Å². The molecule has 0 amide bonds. The van der Waals surface area contributed by atoms with E-state index in [0.29, 0.717) is 61.8 Å². The van der Waals surface area contributed by atoms with Crippen LogP contribution in [0, 0.1) is 41.4 Å². The molecule has 438 valence electrons. The predicted octanol–water partition coefficient (Wildman–Crippen LogP) is 10.5. The number of phenols is 1. The highest BCUT2D eigenvalue weighted by atomic mass is 32.2. The fourth-order valence-electron chi connectivity index (χ4n) is 16.3. The van der Waals surface area contributed by atoms with Crippen LogP contribution in [0.5, 0.6) is 11.5 Å². The Morgan fingerprint density at radius 2 is 1.70 bits per heavy atom. The number of benzene rings is 5. The van der Waals surface area contributed by atoms with Gasteiger partial charge in [0.15, 0.2) is 5.96 Å². The molecule has 14 unspecified atom stereocenters. The van der Waals surface area contributed by atoms with Gasteiger partial charge in [0.25, 0.3) is 10.1 Å². The van der Waals surface area contributed by atoms with E-state index in [2.05, 4.69) is 84.8 Å². The number of guanidine groups is 1. The number of rotatable bonds is 12. The molecule has 10 N–H and O–H groups in total. The van der Waals surface area contributed by atoms with Crippen molar-refractivity contribution >= 4 is 16.1 Å². The molecule has 9 aliphatic rings. The number of aromatic hydroxyl groups is 1. The Morgan fingerprint density at radius 3 is 2.48 bits per heavy atom. The normalized spacial score (nSPS) is 31.3. The van der Waals surface area contributed by atoms with E-state index in [-0.39, 0.29) is 79.5 Å². The molecular formula is C69H82N4O9S. The topological polar surface area (TPSA) is 230 Å². The standard InChI is InChI=1S/C69H82N4O9S/c1-42-14-15-49-34-56-23-25-58(49)60(42)38-64(83(78,79)80)62-37-52-32-51(35-57-31-44(41-75)10-5-11-48-33-55(76)22-24-59(48)66(52)81-57)65(62)46-18-20-53(21-19-46)69(82-56,73-67(70)71)40-54(30-43-8-3-2-4-9-43)68(77)27-6-12-50(39-68)47-17-16-45-26-28-72-63(13-7-29-74)61(45)36-47/h2-4,8-9,16-25,33-34,36-37,42,44,50-51,54,57,60,62-66,72,74-77H,6-7,10,12-15,26-32,35,38-41H2,1H3,(H4,70,71,73)(H,78,79,80). The number of aliphatic hydroxyl groups is 3. The summed E-state index contributed by atoms with van der Waals surface area (Å²) in [5.74, 6) is 5.10. The molecule has 14 rings (SSSR count). The van der Waals surface area contributed by atoms with Gasteiger partial charge < -0.3 is 46.7 Å². The molecule has 1 saturated carbocycles. The van der Waals surface area contributed by atoms with Gasteiger partial charge >= 0.3 is 0 Å². The molecule has 3 aliphatic carbocycles. The minimum absolute atomic E-state index is 0.0726. The van der Waals surface area contributed by atoms with Crippen molar-refractivity contribution in [2.75, 3.05) is 19.8 Å². The summed E-state index contributed by atoms with van der Waals surface area (Å²) in [6.07, 6.45) is 11.1. The van der Waals surface area contributed by atoms with Crippen molar-refractivity contribution in [1.82, 2.24) is 5.32 Å². The van der Waals surface area contributed by atoms with Gasteiger partial charge in [-0.15, -0.1) is 0 Å². The molecule has 10 bridgehead atoms. The lowest BCUT2D eigenvalue weighted by Crippen LogP contribution is -2.48. The maximum absolute atomic E-state index is 14.5. The lowest BCUT2D eigenvalue weighted by atomic mass is 9.64. The highest BCUT2D eigenvalue weighted by molar-refractivity contribution is 7.86. The zero-order valence-corrected chi connectivity index (χ0v) is 48.5. The average Bonchev–Trinajstić information content (AvgIpc) is 2.96. The zero-order chi connectivity index (χ0) is 57.6. The number of aliphatic imine (C=N–C) groups is 1. The summed E-state index contributed by atoms with van der Waals surface area (Å²) < 4.78 is 55.4. The molecular weight excluding hydrogens is 1060 g/mol. The molecule has 14 heteroatoms. The number of nitrogens with one attached hydrogen (secondary N) is 1. The van der Waals surface area contributed by atoms with Gasteiger partial charge in [0.1, 0.15) is 17.6 Å². The van der Waals surface area contributed by atoms with Crippen molar-refractivity contribution in [2.24, 2.45) is 46.0 Å². The second-order valence-electron chi connectivity index (χ2n) is 25.6. The first-order valence-electron chi connectivity index (χ1n) is 30.6. The maximum atomic E-state index is 14.5. The van der Waals surface area contributed by atoms with Crippen LogP contribution < -0.4 is 21.5 Å². The van der Waals surface area contributed by atoms with Crippen LogP contribution in [0.1, 0.15) is 176 Å². The fraction of sp³-hybridized carbons (Fsp3) is 0.493. The fourth-order valence-corrected chi connectivity index (χ4v) is 17.4. The molecule has 2 fully saturated rings. The van der Waals surface area contributed by atoms with Crippen molar-refractivity contribution in [2.45, 2.75) is 162 Å². The average molecular weight is 1140 g/mol. The molecule has 1 saturated heterocycles. The molecule has 5 aromatic carbocycles. The van der Waals surface area contributed by atoms with E-state index >= 15 is 0 Å². The molecule has 0 aromatic heterocycles. The molecule has 14 atom stereocenters. The van der Waals surface area contributed by atoms with E-state index in [1.165, 1.54) is 16.7 Å². The summed E-state index contributed by atoms with van der Waals surface area (Å²) in [7, 11) is -4.70. The van der Waals surface area contributed by atoms with Gasteiger partial charge in [-0.1, -0.05) is 110 Å². The molecule has 6 heterocycles. The molecule has 0 radical (unpaired) electrons. The number of aryl methyl sites for hydroxylation is 1. The Bertz CT molecular complexity index is 3410. The number of aliphatic hydroxyl groups excluding tert-OH is 2. The number of hydrogen-bond donors (Lipinski definition) is 8. The third kappa shape index (κ3) is 11.9. The van der Waals surface area contributed by atoms with Crippen molar-refractivity contribution in [3.63, 3.8) is 0 Å². The van der Waals surface area contributed by atoms with Crippen LogP contribution in [0.3, 0.4) is 0 Å². The number of allylic oxidation sites excluding steroid dienone is 1. The van der Waals surface area contributed by atoms with Crippen molar-refractivity contribution in [3.05, 3.63) is 176 Å². The lowest BCUT2D eigenvalue weighted by molar-refractivity contribution is -0.0834. The van der Waals surface area contributed by atoms with Crippen LogP contribution in [0.15, 0.2) is 126 Å². The highest BCUT2D eigenvalue weighted by Crippen LogP contribution is 2.56. The zero-order valence-electron chi connectivity index (χ0n) is 47.7. The van der Waals surface area contributed by atoms with Crippen LogP contribution in [0.25, 0.3) is 0 Å². The van der Waals surface area contributed by atoms with E-state index in [1.807, 2.05) is 42.5 Å². The predicted molar refractivity (Wildman–Crippen MR) is 322 cm³/mol. The Labute approximate surface area is 489 Å². The number of phenolic OH excluding ortho intramolecular Hbond substituents is 1. The van der Waals surface area contributed by atoms with E-state index < -0.39 is 50.6 Å². The summed E-state index contributed by atoms with van der Waals surface area (Å²) in [5.41, 5.74) is 21.3. The van der Waals surface area contributed by atoms with Crippen molar-refractivity contribution in [1.29, 1.82) is 0 Å². The van der Waals surface area contributed by atoms with Crippen LogP contribution >= 0.6 is 0 Å². The van der Waals surface area contributed by atoms with Crippen LogP contribution in [-0.4, -0.2) is 76.1 Å². The number of hydrogen-bond acceptors (Lipinski definition) is 10. The van der Waals surface area contributed by atoms with Crippen LogP contribution in [-0.2, 0) is 39.8 Å². The summed E-state index contributed by atoms with van der Waals surface area (Å²) in [6.45, 7) is 3.15. The van der Waals surface area contributed by atoms with Gasteiger partial charge in [-0.05, 0) is 207 Å². The first-order valence-corrected chi connectivity index (χ1v) is 32.1. The third-order valence-corrected chi connectivity index (χ3v) is 21.7. The maximum Gasteiger partial charge on any atom is 0.268 e. The first-order chi connectivity index (χ1) is 40.1. The molecule has 6 aliphatic heterocycles. The monoisotopic (exact) mass is 1140 g/mol. The SMILES string of the molecule is CC1CCc2cc3ccc2C1CC(S(=O)(=O)O)C1C=C2CC(CC4CC(CO)CC#Cc5cc(O)ccc5C2O4)C1c1ccc(cc1)C(CC(Cc1ccccc1)C1(O)CCCC(c2ccc4c(c2)C(CCCO)NCC4)C1)(N=C(N)N)O3. The molecule has 5 aromatic rings. The third-order valence-electron chi connectivity index (χ3n) is 20.4. The van der Waals surface area contributed by atoms with E-state index in [1.54, 1.807) is 12.1 Å².